The monoisotopic (exact) mass is 350 g/mol. The number of rotatable bonds is 6. The number of esters is 1. The highest BCUT2D eigenvalue weighted by atomic mass is 19.1. The van der Waals surface area contributed by atoms with Crippen molar-refractivity contribution in [3.63, 3.8) is 0 Å². The highest BCUT2D eigenvalue weighted by Crippen LogP contribution is 2.22. The number of hydrogen-bond acceptors (Lipinski definition) is 3. The smallest absolute Gasteiger partial charge is 0.343 e. The molecule has 0 aromatic heterocycles. The molecule has 0 radical (unpaired) electrons. The van der Waals surface area contributed by atoms with Crippen LogP contribution in [0.25, 0.3) is 11.1 Å². The van der Waals surface area contributed by atoms with Gasteiger partial charge in [-0.1, -0.05) is 31.2 Å². The molecular weight excluding hydrogens is 331 g/mol. The molecule has 0 bridgehead atoms. The van der Waals surface area contributed by atoms with Crippen LogP contribution >= 0.6 is 0 Å². The summed E-state index contributed by atoms with van der Waals surface area (Å²) in [5.41, 5.74) is 2.23. The fraction of sp³-hybridized carbons (Fsp3) is 0.136. The van der Waals surface area contributed by atoms with Crippen LogP contribution in [0.2, 0.25) is 0 Å². The molecule has 3 aromatic carbocycles. The second-order valence-electron chi connectivity index (χ2n) is 5.79. The van der Waals surface area contributed by atoms with Crippen molar-refractivity contribution in [2.75, 3.05) is 6.61 Å². The Hall–Kier alpha value is -3.14. The van der Waals surface area contributed by atoms with Crippen LogP contribution in [0, 0.1) is 5.82 Å². The maximum absolute atomic E-state index is 13.0. The van der Waals surface area contributed by atoms with Gasteiger partial charge in [0.05, 0.1) is 12.2 Å². The predicted molar refractivity (Wildman–Crippen MR) is 99.0 cm³/mol. The third kappa shape index (κ3) is 4.48. The topological polar surface area (TPSA) is 35.5 Å². The maximum atomic E-state index is 13.0. The van der Waals surface area contributed by atoms with Gasteiger partial charge < -0.3 is 9.47 Å². The molecule has 3 rings (SSSR count). The number of carbonyl (C=O) groups is 1. The zero-order valence-corrected chi connectivity index (χ0v) is 14.4. The minimum absolute atomic E-state index is 0.278. The fourth-order valence-corrected chi connectivity index (χ4v) is 2.43. The Morgan fingerprint density at radius 2 is 1.35 bits per heavy atom. The lowest BCUT2D eigenvalue weighted by molar-refractivity contribution is 0.0734. The average Bonchev–Trinajstić information content (AvgIpc) is 2.68. The van der Waals surface area contributed by atoms with Gasteiger partial charge in [-0.05, 0) is 66.1 Å². The number of halogens is 1. The van der Waals surface area contributed by atoms with Crippen LogP contribution in [0.4, 0.5) is 4.39 Å². The number of ether oxygens (including phenoxy) is 2. The first-order valence-electron chi connectivity index (χ1n) is 8.47. The van der Waals surface area contributed by atoms with Crippen molar-refractivity contribution in [1.82, 2.24) is 0 Å². The Kier molecular flexibility index (Phi) is 5.64. The number of hydrogen-bond donors (Lipinski definition) is 0. The van der Waals surface area contributed by atoms with Gasteiger partial charge in [0.25, 0.3) is 0 Å². The molecule has 0 aliphatic rings. The fourth-order valence-electron chi connectivity index (χ4n) is 2.43. The summed E-state index contributed by atoms with van der Waals surface area (Å²) in [4.78, 5) is 12.3. The zero-order valence-electron chi connectivity index (χ0n) is 14.4. The van der Waals surface area contributed by atoms with Crippen LogP contribution in [-0.2, 0) is 0 Å². The standard InChI is InChI=1S/C22H19FO3/c1-2-15-25-20-11-13-21(14-12-20)26-22(24)18-5-3-16(4-6-18)17-7-9-19(23)10-8-17/h3-14H,2,15H2,1H3. The lowest BCUT2D eigenvalue weighted by Crippen LogP contribution is -2.08. The molecule has 0 N–H and O–H groups in total. The van der Waals surface area contributed by atoms with Gasteiger partial charge in [-0.3, -0.25) is 0 Å². The van der Waals surface area contributed by atoms with Crippen LogP contribution in [0.3, 0.4) is 0 Å². The Morgan fingerprint density at radius 1 is 0.808 bits per heavy atom. The summed E-state index contributed by atoms with van der Waals surface area (Å²) in [6.07, 6.45) is 0.935. The summed E-state index contributed by atoms with van der Waals surface area (Å²) >= 11 is 0. The van der Waals surface area contributed by atoms with Crippen molar-refractivity contribution in [2.24, 2.45) is 0 Å². The minimum atomic E-state index is -0.433. The van der Waals surface area contributed by atoms with E-state index in [9.17, 15) is 9.18 Å². The van der Waals surface area contributed by atoms with E-state index in [-0.39, 0.29) is 5.82 Å². The van der Waals surface area contributed by atoms with Gasteiger partial charge in [-0.15, -0.1) is 0 Å². The Balaban J connectivity index is 1.65. The molecular formula is C22H19FO3. The first kappa shape index (κ1) is 17.7. The highest BCUT2D eigenvalue weighted by molar-refractivity contribution is 5.91. The molecule has 0 spiro atoms. The van der Waals surface area contributed by atoms with Gasteiger partial charge in [0.1, 0.15) is 17.3 Å². The molecule has 0 amide bonds. The van der Waals surface area contributed by atoms with E-state index in [1.165, 1.54) is 12.1 Å². The molecule has 0 heterocycles. The van der Waals surface area contributed by atoms with E-state index in [0.717, 1.165) is 23.3 Å². The Morgan fingerprint density at radius 3 is 1.92 bits per heavy atom. The molecule has 0 atom stereocenters. The molecule has 0 fully saturated rings. The number of carbonyl (C=O) groups excluding carboxylic acids is 1. The molecule has 4 heteroatoms. The van der Waals surface area contributed by atoms with Crippen molar-refractivity contribution in [2.45, 2.75) is 13.3 Å². The van der Waals surface area contributed by atoms with Crippen LogP contribution in [-0.4, -0.2) is 12.6 Å². The summed E-state index contributed by atoms with van der Waals surface area (Å²) < 4.78 is 23.9. The molecule has 0 aliphatic heterocycles. The van der Waals surface area contributed by atoms with E-state index in [2.05, 4.69) is 0 Å². The van der Waals surface area contributed by atoms with E-state index in [1.54, 1.807) is 48.5 Å². The van der Waals surface area contributed by atoms with E-state index < -0.39 is 5.97 Å². The molecule has 0 unspecified atom stereocenters. The molecule has 26 heavy (non-hydrogen) atoms. The molecule has 0 saturated carbocycles. The van der Waals surface area contributed by atoms with Crippen LogP contribution in [0.1, 0.15) is 23.7 Å². The van der Waals surface area contributed by atoms with Gasteiger partial charge in [0.15, 0.2) is 0 Å². The van der Waals surface area contributed by atoms with Crippen molar-refractivity contribution in [3.05, 3.63) is 84.2 Å². The van der Waals surface area contributed by atoms with Gasteiger partial charge in [0, 0.05) is 0 Å². The average molecular weight is 350 g/mol. The maximum Gasteiger partial charge on any atom is 0.343 e. The molecule has 0 saturated heterocycles. The normalized spacial score (nSPS) is 10.4. The molecule has 0 aliphatic carbocycles. The Bertz CT molecular complexity index is 853. The van der Waals surface area contributed by atoms with Crippen molar-refractivity contribution >= 4 is 5.97 Å². The van der Waals surface area contributed by atoms with E-state index in [4.69, 9.17) is 9.47 Å². The molecule has 3 aromatic rings. The van der Waals surface area contributed by atoms with Crippen LogP contribution < -0.4 is 9.47 Å². The largest absolute Gasteiger partial charge is 0.494 e. The summed E-state index contributed by atoms with van der Waals surface area (Å²) in [6.45, 7) is 2.69. The van der Waals surface area contributed by atoms with Gasteiger partial charge in [-0.2, -0.15) is 0 Å². The highest BCUT2D eigenvalue weighted by Gasteiger charge is 2.09. The first-order valence-corrected chi connectivity index (χ1v) is 8.47. The summed E-state index contributed by atoms with van der Waals surface area (Å²) in [6, 6.07) is 20.2. The summed E-state index contributed by atoms with van der Waals surface area (Å²) in [5.74, 6) is 0.495. The number of benzene rings is 3. The minimum Gasteiger partial charge on any atom is -0.494 e. The zero-order chi connectivity index (χ0) is 18.4. The predicted octanol–water partition coefficient (Wildman–Crippen LogP) is 5.50. The van der Waals surface area contributed by atoms with Crippen LogP contribution in [0.15, 0.2) is 72.8 Å². The van der Waals surface area contributed by atoms with Crippen molar-refractivity contribution < 1.29 is 18.7 Å². The van der Waals surface area contributed by atoms with Crippen molar-refractivity contribution in [1.29, 1.82) is 0 Å². The quantitative estimate of drug-likeness (QED) is 0.435. The lowest BCUT2D eigenvalue weighted by atomic mass is 10.0. The summed E-state index contributed by atoms with van der Waals surface area (Å²) in [5, 5.41) is 0. The second-order valence-corrected chi connectivity index (χ2v) is 5.79. The van der Waals surface area contributed by atoms with Crippen molar-refractivity contribution in [3.8, 4) is 22.6 Å². The van der Waals surface area contributed by atoms with E-state index in [1.807, 2.05) is 19.1 Å². The SMILES string of the molecule is CCCOc1ccc(OC(=O)c2ccc(-c3ccc(F)cc3)cc2)cc1. The first-order chi connectivity index (χ1) is 12.7. The second kappa shape index (κ2) is 8.30. The molecule has 132 valence electrons. The summed E-state index contributed by atoms with van der Waals surface area (Å²) in [7, 11) is 0. The third-order valence-electron chi connectivity index (χ3n) is 3.81. The van der Waals surface area contributed by atoms with Gasteiger partial charge in [0.2, 0.25) is 0 Å². The third-order valence-corrected chi connectivity index (χ3v) is 3.81. The Labute approximate surface area is 152 Å². The van der Waals surface area contributed by atoms with E-state index >= 15 is 0 Å². The van der Waals surface area contributed by atoms with Gasteiger partial charge in [-0.25, -0.2) is 9.18 Å². The van der Waals surface area contributed by atoms with E-state index in [0.29, 0.717) is 17.9 Å². The van der Waals surface area contributed by atoms with Crippen LogP contribution in [0.5, 0.6) is 11.5 Å². The lowest BCUT2D eigenvalue weighted by Gasteiger charge is -2.08. The van der Waals surface area contributed by atoms with Gasteiger partial charge >= 0.3 is 5.97 Å². The molecule has 3 nitrogen and oxygen atoms in total.